The third-order valence-electron chi connectivity index (χ3n) is 8.04. The van der Waals surface area contributed by atoms with Crippen molar-refractivity contribution < 1.29 is 27.6 Å². The van der Waals surface area contributed by atoms with Crippen molar-refractivity contribution in [1.29, 1.82) is 0 Å². The minimum Gasteiger partial charge on any atom is -0.369 e. The van der Waals surface area contributed by atoms with E-state index in [1.807, 2.05) is 42.5 Å². The van der Waals surface area contributed by atoms with E-state index in [1.165, 1.54) is 12.1 Å². The number of carbonyl (C=O) groups excluding carboxylic acids is 3. The predicted molar refractivity (Wildman–Crippen MR) is 180 cm³/mol. The lowest BCUT2D eigenvalue weighted by Gasteiger charge is -2.19. The van der Waals surface area contributed by atoms with Crippen molar-refractivity contribution in [3.8, 4) is 0 Å². The number of halogens is 4. The van der Waals surface area contributed by atoms with E-state index < -0.39 is 29.6 Å². The normalized spacial score (nSPS) is 12.1. The second-order valence-corrected chi connectivity index (χ2v) is 12.0. The molecule has 4 aromatic carbocycles. The van der Waals surface area contributed by atoms with Crippen molar-refractivity contribution in [3.63, 3.8) is 0 Å². The van der Waals surface area contributed by atoms with Gasteiger partial charge < -0.3 is 20.9 Å². The standard InChI is InChI=1S/C37H34ClF3N4O3/c38-30-14-8-25(9-15-30)18-19-43-36(48)32(16-10-24-4-2-1-3-5-24)44-35(47)27-11-17-33-31(20-27)28(21-34(42)46)23-45(33)22-26-6-12-29(13-7-26)37(39,40)41/h1-9,11-15,17,20,23,32H,10,16,18-19,21-22H2,(H2,42,46)(H,43,48)(H,44,47)/t32-/m0/s1. The first kappa shape index (κ1) is 34.3. The van der Waals surface area contributed by atoms with E-state index in [9.17, 15) is 27.6 Å². The van der Waals surface area contributed by atoms with Gasteiger partial charge in [-0.05, 0) is 84.0 Å². The number of primary amides is 1. The van der Waals surface area contributed by atoms with Gasteiger partial charge in [0.05, 0.1) is 12.0 Å². The van der Waals surface area contributed by atoms with E-state index >= 15 is 0 Å². The molecule has 0 spiro atoms. The number of fused-ring (bicyclic) bond motifs is 1. The largest absolute Gasteiger partial charge is 0.416 e. The monoisotopic (exact) mass is 674 g/mol. The van der Waals surface area contributed by atoms with E-state index in [4.69, 9.17) is 17.3 Å². The van der Waals surface area contributed by atoms with Gasteiger partial charge in [-0.2, -0.15) is 13.2 Å². The van der Waals surface area contributed by atoms with Gasteiger partial charge in [-0.25, -0.2) is 0 Å². The number of carbonyl (C=O) groups is 3. The third-order valence-corrected chi connectivity index (χ3v) is 8.29. The van der Waals surface area contributed by atoms with Crippen molar-refractivity contribution in [2.24, 2.45) is 5.73 Å². The Morgan fingerprint density at radius 3 is 2.17 bits per heavy atom. The van der Waals surface area contributed by atoms with Crippen LogP contribution in [0.25, 0.3) is 10.9 Å². The lowest BCUT2D eigenvalue weighted by Crippen LogP contribution is -2.47. The zero-order chi connectivity index (χ0) is 34.3. The molecular weight excluding hydrogens is 641 g/mol. The summed E-state index contributed by atoms with van der Waals surface area (Å²) in [7, 11) is 0. The van der Waals surface area contributed by atoms with Crippen LogP contribution in [0.3, 0.4) is 0 Å². The molecule has 1 heterocycles. The van der Waals surface area contributed by atoms with Crippen molar-refractivity contribution >= 4 is 40.2 Å². The Balaban J connectivity index is 1.34. The maximum absolute atomic E-state index is 13.6. The zero-order valence-electron chi connectivity index (χ0n) is 25.9. The molecule has 4 N–H and O–H groups in total. The van der Waals surface area contributed by atoms with Crippen LogP contribution in [0.2, 0.25) is 5.02 Å². The summed E-state index contributed by atoms with van der Waals surface area (Å²) in [5.74, 6) is -1.36. The summed E-state index contributed by atoms with van der Waals surface area (Å²) in [6.07, 6.45) is -1.32. The minimum absolute atomic E-state index is 0.0999. The molecule has 5 aromatic rings. The molecule has 0 radical (unpaired) electrons. The van der Waals surface area contributed by atoms with Crippen molar-refractivity contribution in [2.45, 2.75) is 44.4 Å². The lowest BCUT2D eigenvalue weighted by atomic mass is 10.0. The summed E-state index contributed by atoms with van der Waals surface area (Å²) in [5, 5.41) is 7.05. The Labute approximate surface area is 280 Å². The first-order valence-electron chi connectivity index (χ1n) is 15.4. The number of hydrogen-bond donors (Lipinski definition) is 3. The van der Waals surface area contributed by atoms with Gasteiger partial charge in [0.2, 0.25) is 11.8 Å². The number of aromatic nitrogens is 1. The van der Waals surface area contributed by atoms with E-state index in [0.717, 1.165) is 23.3 Å². The first-order chi connectivity index (χ1) is 23.0. The summed E-state index contributed by atoms with van der Waals surface area (Å²) in [6, 6.07) is 26.0. The second kappa shape index (κ2) is 15.2. The fourth-order valence-corrected chi connectivity index (χ4v) is 5.66. The molecular formula is C37H34ClF3N4O3. The molecule has 1 atom stereocenters. The Kier molecular flexibility index (Phi) is 10.9. The van der Waals surface area contributed by atoms with Crippen LogP contribution < -0.4 is 16.4 Å². The summed E-state index contributed by atoms with van der Waals surface area (Å²) in [6.45, 7) is 0.601. The van der Waals surface area contributed by atoms with Crippen LogP contribution in [-0.4, -0.2) is 34.9 Å². The van der Waals surface area contributed by atoms with Crippen LogP contribution >= 0.6 is 11.6 Å². The van der Waals surface area contributed by atoms with E-state index in [1.54, 1.807) is 41.1 Å². The Bertz CT molecular complexity index is 1890. The minimum atomic E-state index is -4.44. The highest BCUT2D eigenvalue weighted by Crippen LogP contribution is 2.30. The van der Waals surface area contributed by atoms with Gasteiger partial charge >= 0.3 is 6.18 Å². The summed E-state index contributed by atoms with van der Waals surface area (Å²) < 4.78 is 40.9. The molecule has 248 valence electrons. The van der Waals surface area contributed by atoms with Crippen LogP contribution in [-0.2, 0) is 41.6 Å². The first-order valence-corrected chi connectivity index (χ1v) is 15.8. The number of nitrogens with two attached hydrogens (primary N) is 1. The van der Waals surface area contributed by atoms with Gasteiger partial charge in [0.25, 0.3) is 5.91 Å². The fourth-order valence-electron chi connectivity index (χ4n) is 5.54. The highest BCUT2D eigenvalue weighted by molar-refractivity contribution is 6.30. The van der Waals surface area contributed by atoms with Crippen LogP contribution in [0.4, 0.5) is 13.2 Å². The van der Waals surface area contributed by atoms with Crippen LogP contribution in [0.1, 0.15) is 44.6 Å². The van der Waals surface area contributed by atoms with E-state index in [2.05, 4.69) is 10.6 Å². The number of amides is 3. The molecule has 0 aliphatic heterocycles. The van der Waals surface area contributed by atoms with Crippen LogP contribution in [0.15, 0.2) is 103 Å². The second-order valence-electron chi connectivity index (χ2n) is 11.6. The molecule has 0 bridgehead atoms. The van der Waals surface area contributed by atoms with Gasteiger partial charge in [0.15, 0.2) is 0 Å². The highest BCUT2D eigenvalue weighted by atomic mass is 35.5. The van der Waals surface area contributed by atoms with Crippen LogP contribution in [0.5, 0.6) is 0 Å². The average molecular weight is 675 g/mol. The quantitative estimate of drug-likeness (QED) is 0.133. The zero-order valence-corrected chi connectivity index (χ0v) is 26.7. The summed E-state index contributed by atoms with van der Waals surface area (Å²) in [4.78, 5) is 38.9. The van der Waals surface area contributed by atoms with E-state index in [0.29, 0.717) is 52.9 Å². The Morgan fingerprint density at radius 1 is 0.833 bits per heavy atom. The molecule has 0 fully saturated rings. The van der Waals surface area contributed by atoms with E-state index in [-0.39, 0.29) is 24.4 Å². The average Bonchev–Trinajstić information content (AvgIpc) is 3.39. The molecule has 0 aliphatic carbocycles. The van der Waals surface area contributed by atoms with Crippen molar-refractivity contribution in [3.05, 3.63) is 142 Å². The van der Waals surface area contributed by atoms with Gasteiger partial charge in [0, 0.05) is 40.8 Å². The number of rotatable bonds is 13. The Hall–Kier alpha value is -5.09. The molecule has 3 amide bonds. The number of benzene rings is 4. The predicted octanol–water partition coefficient (Wildman–Crippen LogP) is 6.48. The third kappa shape index (κ3) is 9.04. The molecule has 5 rings (SSSR count). The van der Waals surface area contributed by atoms with Gasteiger partial charge in [-0.3, -0.25) is 14.4 Å². The Morgan fingerprint density at radius 2 is 1.50 bits per heavy atom. The number of aryl methyl sites for hydroxylation is 1. The molecule has 0 unspecified atom stereocenters. The smallest absolute Gasteiger partial charge is 0.369 e. The van der Waals surface area contributed by atoms with Crippen LogP contribution in [0, 0.1) is 0 Å². The summed E-state index contributed by atoms with van der Waals surface area (Å²) >= 11 is 5.97. The lowest BCUT2D eigenvalue weighted by molar-refractivity contribution is -0.137. The SMILES string of the molecule is NC(=O)Cc1cn(Cc2ccc(C(F)(F)F)cc2)c2ccc(C(=O)N[C@@H](CCc3ccccc3)C(=O)NCCc3ccc(Cl)cc3)cc12. The maximum atomic E-state index is 13.6. The van der Waals surface area contributed by atoms with Crippen molar-refractivity contribution in [1.82, 2.24) is 15.2 Å². The molecule has 0 saturated heterocycles. The number of nitrogens with zero attached hydrogens (tertiary/aromatic N) is 1. The van der Waals surface area contributed by atoms with Gasteiger partial charge in [-0.1, -0.05) is 66.2 Å². The maximum Gasteiger partial charge on any atom is 0.416 e. The highest BCUT2D eigenvalue weighted by Gasteiger charge is 2.30. The van der Waals surface area contributed by atoms with Gasteiger partial charge in [-0.15, -0.1) is 0 Å². The molecule has 7 nitrogen and oxygen atoms in total. The van der Waals surface area contributed by atoms with Gasteiger partial charge in [0.1, 0.15) is 6.04 Å². The fraction of sp³-hybridized carbons (Fsp3) is 0.216. The molecule has 0 saturated carbocycles. The summed E-state index contributed by atoms with van der Waals surface area (Å²) in [5.41, 5.74) is 8.94. The molecule has 11 heteroatoms. The topological polar surface area (TPSA) is 106 Å². The van der Waals surface area contributed by atoms with Crippen molar-refractivity contribution in [2.75, 3.05) is 6.54 Å². The number of alkyl halides is 3. The molecule has 1 aromatic heterocycles. The molecule has 0 aliphatic rings. The number of hydrogen-bond acceptors (Lipinski definition) is 3. The molecule has 48 heavy (non-hydrogen) atoms. The number of nitrogens with one attached hydrogen (secondary N) is 2.